The highest BCUT2D eigenvalue weighted by Crippen LogP contribution is 2.07. The van der Waals surface area contributed by atoms with Crippen LogP contribution < -0.4 is 10.5 Å². The van der Waals surface area contributed by atoms with Crippen LogP contribution in [0.3, 0.4) is 0 Å². The molecule has 1 aliphatic heterocycles. The molecule has 0 aliphatic carbocycles. The van der Waals surface area contributed by atoms with Crippen molar-refractivity contribution in [3.05, 3.63) is 36.7 Å². The zero-order chi connectivity index (χ0) is 8.23. The average Bonchev–Trinajstić information content (AvgIpc) is 2.21. The fraction of sp³-hybridized carbons (Fsp3) is 0. The molecule has 0 saturated carbocycles. The summed E-state index contributed by atoms with van der Waals surface area (Å²) in [4.78, 5) is 4.12. The van der Waals surface area contributed by atoms with Crippen molar-refractivity contribution in [2.24, 2.45) is 5.10 Å². The Morgan fingerprint density at radius 2 is 2.33 bits per heavy atom. The van der Waals surface area contributed by atoms with Crippen molar-refractivity contribution < 1.29 is 0 Å². The number of hydrogen-bond donors (Lipinski definition) is 1. The molecule has 0 saturated heterocycles. The number of pyridine rings is 1. The molecular formula is C8H8N4. The average molecular weight is 160 g/mol. The van der Waals surface area contributed by atoms with Gasteiger partial charge in [0.2, 0.25) is 0 Å². The normalized spacial score (nSPS) is 14.5. The Balaban J connectivity index is 2.21. The fourth-order valence-electron chi connectivity index (χ4n) is 0.899. The van der Waals surface area contributed by atoms with Crippen LogP contribution in [0.1, 0.15) is 0 Å². The second-order valence-corrected chi connectivity index (χ2v) is 2.25. The molecular weight excluding hydrogens is 152 g/mol. The van der Waals surface area contributed by atoms with Crippen LogP contribution in [-0.4, -0.2) is 11.2 Å². The number of nitrogens with zero attached hydrogens (tertiary/aromatic N) is 3. The molecule has 12 heavy (non-hydrogen) atoms. The molecule has 0 bridgehead atoms. The molecule has 0 fully saturated rings. The van der Waals surface area contributed by atoms with Crippen molar-refractivity contribution in [2.75, 3.05) is 5.12 Å². The van der Waals surface area contributed by atoms with Gasteiger partial charge in [-0.05, 0) is 18.2 Å². The molecule has 1 aromatic heterocycles. The maximum atomic E-state index is 4.12. The molecule has 0 aromatic carbocycles. The molecule has 1 aliphatic rings. The molecule has 2 rings (SSSR count). The van der Waals surface area contributed by atoms with Crippen LogP contribution >= 0.6 is 0 Å². The van der Waals surface area contributed by atoms with Gasteiger partial charge >= 0.3 is 0 Å². The van der Waals surface area contributed by atoms with E-state index in [0.29, 0.717) is 0 Å². The van der Waals surface area contributed by atoms with Crippen LogP contribution in [-0.2, 0) is 0 Å². The zero-order valence-electron chi connectivity index (χ0n) is 6.38. The lowest BCUT2D eigenvalue weighted by Gasteiger charge is -2.18. The van der Waals surface area contributed by atoms with Crippen molar-refractivity contribution in [1.82, 2.24) is 10.4 Å². The number of aromatic nitrogens is 1. The summed E-state index contributed by atoms with van der Waals surface area (Å²) in [7, 11) is 0. The van der Waals surface area contributed by atoms with E-state index in [0.717, 1.165) is 5.82 Å². The lowest BCUT2D eigenvalue weighted by atomic mass is 10.5. The number of rotatable bonds is 1. The summed E-state index contributed by atoms with van der Waals surface area (Å²) in [6.45, 7) is 0. The van der Waals surface area contributed by atoms with Crippen LogP contribution in [0.4, 0.5) is 5.82 Å². The van der Waals surface area contributed by atoms with Crippen LogP contribution in [0.25, 0.3) is 0 Å². The summed E-state index contributed by atoms with van der Waals surface area (Å²) in [5.41, 5.74) is 2.93. The molecule has 0 radical (unpaired) electrons. The third-order valence-corrected chi connectivity index (χ3v) is 1.43. The van der Waals surface area contributed by atoms with Gasteiger partial charge in [-0.1, -0.05) is 6.07 Å². The van der Waals surface area contributed by atoms with Gasteiger partial charge in [-0.25, -0.2) is 4.98 Å². The van der Waals surface area contributed by atoms with E-state index in [4.69, 9.17) is 0 Å². The second kappa shape index (κ2) is 3.04. The summed E-state index contributed by atoms with van der Waals surface area (Å²) in [5, 5.41) is 5.64. The first-order chi connectivity index (χ1) is 5.97. The van der Waals surface area contributed by atoms with Gasteiger partial charge in [0.1, 0.15) is 0 Å². The zero-order valence-corrected chi connectivity index (χ0v) is 6.38. The molecule has 2 heterocycles. The molecule has 0 spiro atoms. The van der Waals surface area contributed by atoms with Crippen LogP contribution in [0.5, 0.6) is 0 Å². The summed E-state index contributed by atoms with van der Waals surface area (Å²) >= 11 is 0. The van der Waals surface area contributed by atoms with E-state index < -0.39 is 0 Å². The third kappa shape index (κ3) is 1.27. The van der Waals surface area contributed by atoms with Gasteiger partial charge < -0.3 is 0 Å². The number of hydrazine groups is 1. The van der Waals surface area contributed by atoms with Gasteiger partial charge in [0.25, 0.3) is 0 Å². The largest absolute Gasteiger partial charge is 0.284 e. The van der Waals surface area contributed by atoms with Gasteiger partial charge in [-0.3, -0.25) is 5.43 Å². The number of anilines is 1. The second-order valence-electron chi connectivity index (χ2n) is 2.25. The minimum Gasteiger partial charge on any atom is -0.284 e. The lowest BCUT2D eigenvalue weighted by Crippen LogP contribution is -2.31. The number of hydrazone groups is 1. The predicted molar refractivity (Wildman–Crippen MR) is 47.5 cm³/mol. The quantitative estimate of drug-likeness (QED) is 0.663. The van der Waals surface area contributed by atoms with Crippen molar-refractivity contribution in [3.63, 3.8) is 0 Å². The van der Waals surface area contributed by atoms with Gasteiger partial charge in [-0.15, -0.1) is 0 Å². The summed E-state index contributed by atoms with van der Waals surface area (Å²) in [6, 6.07) is 5.66. The molecule has 1 aromatic rings. The highest BCUT2D eigenvalue weighted by Gasteiger charge is 2.02. The Hall–Kier alpha value is -1.84. The summed E-state index contributed by atoms with van der Waals surface area (Å²) in [5.74, 6) is 0.776. The first-order valence-electron chi connectivity index (χ1n) is 3.63. The molecule has 1 N–H and O–H groups in total. The molecule has 60 valence electrons. The molecule has 0 unspecified atom stereocenters. The smallest absolute Gasteiger partial charge is 0.171 e. The third-order valence-electron chi connectivity index (χ3n) is 1.43. The van der Waals surface area contributed by atoms with E-state index in [1.165, 1.54) is 0 Å². The van der Waals surface area contributed by atoms with Crippen LogP contribution in [0.15, 0.2) is 41.8 Å². The topological polar surface area (TPSA) is 40.5 Å². The number of allylic oxidation sites excluding steroid dienone is 1. The van der Waals surface area contributed by atoms with Gasteiger partial charge in [0.15, 0.2) is 5.82 Å². The van der Waals surface area contributed by atoms with Crippen molar-refractivity contribution in [2.45, 2.75) is 0 Å². The van der Waals surface area contributed by atoms with Crippen molar-refractivity contribution >= 4 is 12.0 Å². The Morgan fingerprint density at radius 1 is 1.33 bits per heavy atom. The van der Waals surface area contributed by atoms with Crippen molar-refractivity contribution in [3.8, 4) is 0 Å². The predicted octanol–water partition coefficient (Wildman–Crippen LogP) is 0.906. The van der Waals surface area contributed by atoms with E-state index in [1.807, 2.05) is 24.3 Å². The van der Waals surface area contributed by atoms with E-state index in [9.17, 15) is 0 Å². The van der Waals surface area contributed by atoms with Crippen molar-refractivity contribution in [1.29, 1.82) is 0 Å². The first-order valence-corrected chi connectivity index (χ1v) is 3.63. The van der Waals surface area contributed by atoms with Gasteiger partial charge in [0.05, 0.1) is 6.21 Å². The van der Waals surface area contributed by atoms with E-state index >= 15 is 0 Å². The Kier molecular flexibility index (Phi) is 1.74. The summed E-state index contributed by atoms with van der Waals surface area (Å²) < 4.78 is 0. The molecule has 4 heteroatoms. The molecule has 4 nitrogen and oxygen atoms in total. The fourth-order valence-corrected chi connectivity index (χ4v) is 0.899. The van der Waals surface area contributed by atoms with E-state index in [2.05, 4.69) is 15.5 Å². The van der Waals surface area contributed by atoms with E-state index in [1.54, 1.807) is 23.7 Å². The lowest BCUT2D eigenvalue weighted by molar-refractivity contribution is 0.759. The highest BCUT2D eigenvalue weighted by atomic mass is 15.7. The molecule has 0 atom stereocenters. The van der Waals surface area contributed by atoms with Crippen LogP contribution in [0, 0.1) is 0 Å². The first kappa shape index (κ1) is 6.84. The maximum Gasteiger partial charge on any atom is 0.171 e. The minimum absolute atomic E-state index is 0.776. The standard InChI is InChI=1S/C8H8N4/c1-2-5-9-8(4-1)12-10-6-3-7-11-12/h1-7,10H. The Morgan fingerprint density at radius 3 is 3.00 bits per heavy atom. The monoisotopic (exact) mass is 160 g/mol. The van der Waals surface area contributed by atoms with Crippen LogP contribution in [0.2, 0.25) is 0 Å². The van der Waals surface area contributed by atoms with Gasteiger partial charge in [-0.2, -0.15) is 10.2 Å². The van der Waals surface area contributed by atoms with E-state index in [-0.39, 0.29) is 0 Å². The Bertz CT molecular complexity index is 304. The number of hydrogen-bond acceptors (Lipinski definition) is 4. The molecule has 0 amide bonds. The Labute approximate surface area is 70.2 Å². The maximum absolute atomic E-state index is 4.12. The minimum atomic E-state index is 0.776. The SMILES string of the molecule is C1=CNN(c2ccccn2)N=C1. The van der Waals surface area contributed by atoms with Gasteiger partial charge in [0, 0.05) is 12.4 Å². The number of nitrogens with one attached hydrogen (secondary N) is 1. The highest BCUT2D eigenvalue weighted by molar-refractivity contribution is 5.73. The summed E-state index contributed by atoms with van der Waals surface area (Å²) in [6.07, 6.45) is 7.04.